The third-order valence-corrected chi connectivity index (χ3v) is 7.73. The van der Waals surface area contributed by atoms with Crippen LogP contribution in [0.1, 0.15) is 31.0 Å². The predicted octanol–water partition coefficient (Wildman–Crippen LogP) is 4.37. The van der Waals surface area contributed by atoms with E-state index in [0.717, 1.165) is 9.13 Å². The number of carbonyl (C=O) groups excluding carboxylic acids is 1. The first-order valence-electron chi connectivity index (χ1n) is 9.84. The SMILES string of the molecule is CCOC(=O)C1=C(C)N=c2sc(=Cc3cc(I)cc(I)c3O)c(=O)n2[C@@H]1c1ccc(Cl)cc1. The zero-order chi connectivity index (χ0) is 23.9. The van der Waals surface area contributed by atoms with Crippen molar-refractivity contribution in [2.75, 3.05) is 6.61 Å². The monoisotopic (exact) mass is 706 g/mol. The molecule has 0 aliphatic carbocycles. The van der Waals surface area contributed by atoms with Crippen LogP contribution in [0.25, 0.3) is 6.08 Å². The van der Waals surface area contributed by atoms with Crippen LogP contribution in [0, 0.1) is 7.14 Å². The van der Waals surface area contributed by atoms with Crippen LogP contribution in [-0.4, -0.2) is 22.2 Å². The van der Waals surface area contributed by atoms with Crippen LogP contribution in [0.4, 0.5) is 0 Å². The molecule has 1 aliphatic heterocycles. The maximum atomic E-state index is 13.6. The van der Waals surface area contributed by atoms with Crippen molar-refractivity contribution < 1.29 is 14.6 Å². The molecule has 2 aromatic carbocycles. The van der Waals surface area contributed by atoms with E-state index in [2.05, 4.69) is 50.2 Å². The number of allylic oxidation sites excluding steroid dienone is 1. The number of aromatic nitrogens is 1. The number of carbonyl (C=O) groups is 1. The fourth-order valence-corrected chi connectivity index (χ4v) is 6.64. The molecular formula is C23H17ClI2N2O4S. The number of aromatic hydroxyl groups is 1. The van der Waals surface area contributed by atoms with Gasteiger partial charge < -0.3 is 9.84 Å². The summed E-state index contributed by atoms with van der Waals surface area (Å²) in [7, 11) is 0. The topological polar surface area (TPSA) is 80.9 Å². The number of ether oxygens (including phenoxy) is 1. The molecule has 1 N–H and O–H groups in total. The van der Waals surface area contributed by atoms with Crippen LogP contribution in [0.5, 0.6) is 5.75 Å². The van der Waals surface area contributed by atoms with Crippen molar-refractivity contribution in [2.24, 2.45) is 4.99 Å². The lowest BCUT2D eigenvalue weighted by molar-refractivity contribution is -0.139. The molecule has 33 heavy (non-hydrogen) atoms. The van der Waals surface area contributed by atoms with Crippen LogP contribution in [-0.2, 0) is 9.53 Å². The standard InChI is InChI=1S/C23H17ClI2N2O4S/c1-3-32-22(31)18-11(2)27-23-28(19(18)12-4-6-14(24)7-5-12)21(30)17(33-23)9-13-8-15(25)10-16(26)20(13)29/h4-10,19,29H,3H2,1-2H3/t19-/m1/s1. The Labute approximate surface area is 225 Å². The Morgan fingerprint density at radius 1 is 1.30 bits per heavy atom. The first-order chi connectivity index (χ1) is 15.7. The first-order valence-corrected chi connectivity index (χ1v) is 13.2. The first kappa shape index (κ1) is 24.4. The summed E-state index contributed by atoms with van der Waals surface area (Å²) in [4.78, 5) is 31.5. The van der Waals surface area contributed by atoms with Crippen LogP contribution < -0.4 is 14.9 Å². The second-order valence-electron chi connectivity index (χ2n) is 7.18. The maximum absolute atomic E-state index is 13.6. The number of phenolic OH excluding ortho intramolecular Hbond substituents is 1. The molecule has 4 rings (SSSR count). The summed E-state index contributed by atoms with van der Waals surface area (Å²) < 4.78 is 8.83. The van der Waals surface area contributed by atoms with Gasteiger partial charge in [0.15, 0.2) is 4.80 Å². The molecule has 0 amide bonds. The Kier molecular flexibility index (Phi) is 7.32. The molecule has 6 nitrogen and oxygen atoms in total. The van der Waals surface area contributed by atoms with Gasteiger partial charge in [-0.25, -0.2) is 9.79 Å². The second kappa shape index (κ2) is 9.88. The highest BCUT2D eigenvalue weighted by Crippen LogP contribution is 2.31. The fourth-order valence-electron chi connectivity index (χ4n) is 3.59. The number of rotatable bonds is 4. The zero-order valence-corrected chi connectivity index (χ0v) is 23.3. The molecule has 0 fully saturated rings. The Morgan fingerprint density at radius 2 is 2.00 bits per heavy atom. The summed E-state index contributed by atoms with van der Waals surface area (Å²) >= 11 is 11.5. The summed E-state index contributed by atoms with van der Waals surface area (Å²) in [5.41, 5.74) is 1.76. The van der Waals surface area contributed by atoms with E-state index < -0.39 is 12.0 Å². The van der Waals surface area contributed by atoms with E-state index in [1.165, 1.54) is 15.9 Å². The molecule has 1 atom stereocenters. The van der Waals surface area contributed by atoms with Crippen molar-refractivity contribution in [3.63, 3.8) is 0 Å². The average molecular weight is 707 g/mol. The molecule has 2 heterocycles. The van der Waals surface area contributed by atoms with Gasteiger partial charge in [-0.2, -0.15) is 0 Å². The molecule has 170 valence electrons. The third kappa shape index (κ3) is 4.77. The Hall–Kier alpha value is -1.70. The van der Waals surface area contributed by atoms with E-state index in [1.807, 2.05) is 12.1 Å². The lowest BCUT2D eigenvalue weighted by Crippen LogP contribution is -2.39. The lowest BCUT2D eigenvalue weighted by Gasteiger charge is -2.24. The summed E-state index contributed by atoms with van der Waals surface area (Å²) in [5, 5.41) is 11.0. The fraction of sp³-hybridized carbons (Fsp3) is 0.174. The zero-order valence-electron chi connectivity index (χ0n) is 17.4. The van der Waals surface area contributed by atoms with E-state index in [-0.39, 0.29) is 17.9 Å². The minimum atomic E-state index is -0.704. The lowest BCUT2D eigenvalue weighted by atomic mass is 9.96. The Morgan fingerprint density at radius 3 is 2.67 bits per heavy atom. The summed E-state index contributed by atoms with van der Waals surface area (Å²) in [5.74, 6) is -0.405. The van der Waals surface area contributed by atoms with Crippen molar-refractivity contribution in [3.05, 3.63) is 90.6 Å². The molecule has 1 aromatic heterocycles. The largest absolute Gasteiger partial charge is 0.506 e. The van der Waals surface area contributed by atoms with E-state index in [0.29, 0.717) is 34.8 Å². The van der Waals surface area contributed by atoms with Crippen molar-refractivity contribution in [1.29, 1.82) is 0 Å². The smallest absolute Gasteiger partial charge is 0.338 e. The number of hydrogen-bond acceptors (Lipinski definition) is 6. The van der Waals surface area contributed by atoms with E-state index in [4.69, 9.17) is 16.3 Å². The van der Waals surface area contributed by atoms with Crippen molar-refractivity contribution in [1.82, 2.24) is 4.57 Å². The highest BCUT2D eigenvalue weighted by Gasteiger charge is 2.33. The summed E-state index contributed by atoms with van der Waals surface area (Å²) in [6.45, 7) is 3.67. The minimum absolute atomic E-state index is 0.111. The van der Waals surface area contributed by atoms with E-state index >= 15 is 0 Å². The number of phenols is 1. The highest BCUT2D eigenvalue weighted by atomic mass is 127. The number of halogens is 3. The van der Waals surface area contributed by atoms with Crippen molar-refractivity contribution in [2.45, 2.75) is 19.9 Å². The number of hydrogen-bond donors (Lipinski definition) is 1. The van der Waals surface area contributed by atoms with Gasteiger partial charge in [0, 0.05) is 14.2 Å². The van der Waals surface area contributed by atoms with Gasteiger partial charge >= 0.3 is 5.97 Å². The van der Waals surface area contributed by atoms with E-state index in [9.17, 15) is 14.7 Å². The molecule has 0 saturated carbocycles. The highest BCUT2D eigenvalue weighted by molar-refractivity contribution is 14.1. The van der Waals surface area contributed by atoms with Gasteiger partial charge in [-0.15, -0.1) is 0 Å². The van der Waals surface area contributed by atoms with Crippen LogP contribution in [0.3, 0.4) is 0 Å². The molecule has 0 unspecified atom stereocenters. The van der Waals surface area contributed by atoms with Gasteiger partial charge in [-0.05, 0) is 94.9 Å². The number of thiazole rings is 1. The Balaban J connectivity index is 1.98. The number of fused-ring (bicyclic) bond motifs is 1. The van der Waals surface area contributed by atoms with Gasteiger partial charge in [0.2, 0.25) is 0 Å². The average Bonchev–Trinajstić information content (AvgIpc) is 3.06. The van der Waals surface area contributed by atoms with Gasteiger partial charge in [0.05, 0.1) is 32.0 Å². The van der Waals surface area contributed by atoms with Crippen LogP contribution in [0.15, 0.2) is 57.5 Å². The predicted molar refractivity (Wildman–Crippen MR) is 145 cm³/mol. The molecule has 0 saturated heterocycles. The quantitative estimate of drug-likeness (QED) is 0.323. The number of esters is 1. The summed E-state index contributed by atoms with van der Waals surface area (Å²) in [6, 6.07) is 9.97. The minimum Gasteiger partial charge on any atom is -0.506 e. The van der Waals surface area contributed by atoms with Gasteiger partial charge in [0.1, 0.15) is 5.75 Å². The van der Waals surface area contributed by atoms with Gasteiger partial charge in [0.25, 0.3) is 5.56 Å². The van der Waals surface area contributed by atoms with Crippen LogP contribution in [0.2, 0.25) is 5.02 Å². The molecule has 0 radical (unpaired) electrons. The Bertz CT molecular complexity index is 1480. The van der Waals surface area contributed by atoms with Crippen LogP contribution >= 0.6 is 68.1 Å². The molecule has 0 bridgehead atoms. The molecular weight excluding hydrogens is 690 g/mol. The van der Waals surface area contributed by atoms with Crippen molar-refractivity contribution >= 4 is 80.2 Å². The maximum Gasteiger partial charge on any atom is 0.338 e. The van der Waals surface area contributed by atoms with Crippen molar-refractivity contribution in [3.8, 4) is 5.75 Å². The summed E-state index contributed by atoms with van der Waals surface area (Å²) in [6.07, 6.45) is 1.66. The number of nitrogens with zero attached hydrogens (tertiary/aromatic N) is 2. The van der Waals surface area contributed by atoms with Gasteiger partial charge in [-0.3, -0.25) is 9.36 Å². The molecule has 10 heteroatoms. The normalized spacial score (nSPS) is 15.9. The van der Waals surface area contributed by atoms with Gasteiger partial charge in [-0.1, -0.05) is 35.1 Å². The molecule has 0 spiro atoms. The van der Waals surface area contributed by atoms with E-state index in [1.54, 1.807) is 44.2 Å². The molecule has 1 aliphatic rings. The second-order valence-corrected chi connectivity index (χ2v) is 11.0. The molecule has 3 aromatic rings. The number of benzene rings is 2. The third-order valence-electron chi connectivity index (χ3n) is 5.05.